The number of unbranched alkanes of at least 4 members (excludes halogenated alkanes) is 1. The molecule has 0 aromatic rings. The first kappa shape index (κ1) is 70.2. The zero-order valence-electron chi connectivity index (χ0n) is 33.7. The number of aliphatic hydroxyl groups excluding tert-OH is 2. The molecule has 74 heavy (non-hydrogen) atoms. The second-order valence-electron chi connectivity index (χ2n) is 14.7. The van der Waals surface area contributed by atoms with Crippen LogP contribution < -0.4 is 0 Å². The van der Waals surface area contributed by atoms with Crippen LogP contribution in [0.2, 0.25) is 0 Å². The lowest BCUT2D eigenvalue weighted by molar-refractivity contribution is -0.469. The van der Waals surface area contributed by atoms with Crippen molar-refractivity contribution in [2.75, 3.05) is 13.2 Å². The van der Waals surface area contributed by atoms with Gasteiger partial charge in [0, 0.05) is 25.7 Å². The molecule has 0 radical (unpaired) electrons. The number of carbonyl (C=O) groups is 2. The summed E-state index contributed by atoms with van der Waals surface area (Å²) >= 11 is 0. The van der Waals surface area contributed by atoms with E-state index in [0.717, 1.165) is 0 Å². The molecule has 0 rings (SSSR count). The fraction of sp³-hybridized carbons (Fsp3) is 0.933. The summed E-state index contributed by atoms with van der Waals surface area (Å²) in [6.45, 7) is -4.48. The third-order valence-electron chi connectivity index (χ3n) is 9.23. The molecule has 0 saturated heterocycles. The van der Waals surface area contributed by atoms with Gasteiger partial charge in [0.15, 0.2) is 0 Å². The van der Waals surface area contributed by atoms with E-state index in [2.05, 4.69) is 9.47 Å². The average Bonchev–Trinajstić information content (AvgIpc) is 3.18. The van der Waals surface area contributed by atoms with Crippen LogP contribution in [0.1, 0.15) is 38.5 Å². The van der Waals surface area contributed by atoms with E-state index >= 15 is 0 Å². The Labute approximate surface area is 380 Å². The number of esters is 2. The molecular formula is C30H20F38O6. The van der Waals surface area contributed by atoms with Crippen LogP contribution in [0.4, 0.5) is 167 Å². The van der Waals surface area contributed by atoms with E-state index in [-0.39, 0.29) is 0 Å². The number of rotatable bonds is 27. The van der Waals surface area contributed by atoms with Gasteiger partial charge >= 0.3 is 119 Å². The Morgan fingerprint density at radius 3 is 0.622 bits per heavy atom. The molecule has 0 bridgehead atoms. The first-order chi connectivity index (χ1) is 31.8. The minimum atomic E-state index is -9.26. The van der Waals surface area contributed by atoms with Crippen molar-refractivity contribution in [1.82, 2.24) is 0 Å². The third kappa shape index (κ3) is 11.0. The maximum absolute atomic E-state index is 14.1. The predicted molar refractivity (Wildman–Crippen MR) is 153 cm³/mol. The van der Waals surface area contributed by atoms with Crippen molar-refractivity contribution >= 4 is 11.9 Å². The van der Waals surface area contributed by atoms with Crippen LogP contribution in [0.25, 0.3) is 0 Å². The van der Waals surface area contributed by atoms with Gasteiger partial charge in [-0.2, -0.15) is 167 Å². The molecule has 442 valence electrons. The number of aliphatic hydroxyl groups is 2. The van der Waals surface area contributed by atoms with E-state index in [1.54, 1.807) is 0 Å². The summed E-state index contributed by atoms with van der Waals surface area (Å²) in [7, 11) is 0. The smallest absolute Gasteiger partial charge is 0.460 e. The molecule has 0 aliphatic rings. The molecule has 0 amide bonds. The van der Waals surface area contributed by atoms with Crippen molar-refractivity contribution in [3.05, 3.63) is 0 Å². The van der Waals surface area contributed by atoms with E-state index in [9.17, 15) is 187 Å². The van der Waals surface area contributed by atoms with Gasteiger partial charge in [0.25, 0.3) is 0 Å². The molecule has 2 N–H and O–H groups in total. The minimum absolute atomic E-state index is 0.911. The van der Waals surface area contributed by atoms with Crippen molar-refractivity contribution < 1.29 is 196 Å². The number of carbonyl (C=O) groups excluding carboxylic acids is 2. The fourth-order valence-electron chi connectivity index (χ4n) is 4.81. The first-order valence-corrected chi connectivity index (χ1v) is 17.6. The van der Waals surface area contributed by atoms with Gasteiger partial charge in [0.05, 0.1) is 12.2 Å². The van der Waals surface area contributed by atoms with E-state index in [1.807, 2.05) is 0 Å². The highest BCUT2D eigenvalue weighted by Crippen LogP contribution is 2.67. The van der Waals surface area contributed by atoms with Gasteiger partial charge in [0.1, 0.15) is 13.2 Å². The molecule has 0 fully saturated rings. The monoisotopic (exact) mass is 1200 g/mol. The van der Waals surface area contributed by atoms with Crippen LogP contribution in [0.15, 0.2) is 0 Å². The van der Waals surface area contributed by atoms with Crippen LogP contribution in [0, 0.1) is 0 Å². The predicted octanol–water partition coefficient (Wildman–Crippen LogP) is 12.4. The van der Waals surface area contributed by atoms with Crippen molar-refractivity contribution in [3.8, 4) is 0 Å². The highest BCUT2D eigenvalue weighted by molar-refractivity contribution is 5.70. The summed E-state index contributed by atoms with van der Waals surface area (Å²) in [6.07, 6.45) is -35.0. The zero-order chi connectivity index (χ0) is 60.4. The van der Waals surface area contributed by atoms with Crippen LogP contribution in [0.3, 0.4) is 0 Å². The molecule has 2 atom stereocenters. The summed E-state index contributed by atoms with van der Waals surface area (Å²) in [4.78, 5) is 23.3. The quantitative estimate of drug-likeness (QED) is 0.0484. The minimum Gasteiger partial charge on any atom is -0.463 e. The van der Waals surface area contributed by atoms with E-state index in [4.69, 9.17) is 0 Å². The van der Waals surface area contributed by atoms with Crippen LogP contribution in [0.5, 0.6) is 0 Å². The molecule has 0 aromatic carbocycles. The molecular weight excluding hydrogens is 1180 g/mol. The summed E-state index contributed by atoms with van der Waals surface area (Å²) in [5, 5.41) is 18.7. The van der Waals surface area contributed by atoms with Crippen molar-refractivity contribution in [2.24, 2.45) is 0 Å². The Bertz CT molecular complexity index is 1800. The van der Waals surface area contributed by atoms with Gasteiger partial charge in [-0.25, -0.2) is 0 Å². The SMILES string of the molecule is O=C(CCCCC(=O)OCC(O)CC(F)(F)C(F)(F)C(F)(F)C(F)(F)C(F)(F)C(F)(F)C(F)(F)C(F)(F)C(F)(F)F)OCC(O)CC(F)(F)C(F)(F)C(F)(F)C(F)(F)C(F)(F)C(F)(F)C(F)(F)C(F)(F)C(F)(F)F. The number of hydrogen-bond acceptors (Lipinski definition) is 6. The third-order valence-corrected chi connectivity index (χ3v) is 9.23. The van der Waals surface area contributed by atoms with E-state index in [1.165, 1.54) is 0 Å². The van der Waals surface area contributed by atoms with Crippen molar-refractivity contribution in [1.29, 1.82) is 0 Å². The molecule has 6 nitrogen and oxygen atoms in total. The standard InChI is InChI=1S/C30H20F38O6/c31-13(32,15(35,36)17(39,40)19(43,44)21(47,48)23(51,52)25(55,56)27(59,60)29(63,64)65)5-9(69)7-73-11(71)3-1-2-4-12(72)74-8-10(70)6-14(33,34)16(37,38)18(41,42)20(45,46)22(49,50)24(53,54)26(57,58)28(61,62)30(66,67)68/h9-10,69-70H,1-8H2. The summed E-state index contributed by atoms with van der Waals surface area (Å²) in [6, 6.07) is 0. The van der Waals surface area contributed by atoms with Gasteiger partial charge < -0.3 is 19.7 Å². The number of alkyl halides is 38. The molecule has 0 spiro atoms. The maximum Gasteiger partial charge on any atom is 0.460 e. The van der Waals surface area contributed by atoms with Crippen LogP contribution >= 0.6 is 0 Å². The topological polar surface area (TPSA) is 93.1 Å². The Morgan fingerprint density at radius 2 is 0.446 bits per heavy atom. The van der Waals surface area contributed by atoms with Gasteiger partial charge in [0.2, 0.25) is 0 Å². The van der Waals surface area contributed by atoms with Gasteiger partial charge in [-0.05, 0) is 12.8 Å². The number of ether oxygens (including phenoxy) is 2. The Balaban J connectivity index is 5.72. The average molecular weight is 1200 g/mol. The second kappa shape index (κ2) is 20.2. The van der Waals surface area contributed by atoms with E-state index < -0.39 is 183 Å². The lowest BCUT2D eigenvalue weighted by Crippen LogP contribution is -2.75. The molecule has 0 aromatic heterocycles. The van der Waals surface area contributed by atoms with Crippen molar-refractivity contribution in [3.63, 3.8) is 0 Å². The number of halogens is 38. The maximum atomic E-state index is 14.1. The largest absolute Gasteiger partial charge is 0.463 e. The molecule has 0 aliphatic heterocycles. The highest BCUT2D eigenvalue weighted by Gasteiger charge is 2.98. The molecule has 0 saturated carbocycles. The Morgan fingerprint density at radius 1 is 0.284 bits per heavy atom. The molecule has 44 heteroatoms. The van der Waals surface area contributed by atoms with Crippen LogP contribution in [-0.4, -0.2) is 155 Å². The lowest BCUT2D eigenvalue weighted by Gasteiger charge is -2.44. The Kier molecular flexibility index (Phi) is 19.2. The van der Waals surface area contributed by atoms with Crippen molar-refractivity contribution in [2.45, 2.75) is 158 Å². The molecule has 2 unspecified atom stereocenters. The summed E-state index contributed by atoms with van der Waals surface area (Å²) < 4.78 is 518. The van der Waals surface area contributed by atoms with Gasteiger partial charge in [-0.3, -0.25) is 9.59 Å². The Hall–Kier alpha value is -3.80. The summed E-state index contributed by atoms with van der Waals surface area (Å²) in [5.74, 6) is -143. The zero-order valence-corrected chi connectivity index (χ0v) is 33.7. The number of hydrogen-bond donors (Lipinski definition) is 2. The summed E-state index contributed by atoms with van der Waals surface area (Å²) in [5.41, 5.74) is 0. The second-order valence-corrected chi connectivity index (χ2v) is 14.7. The fourth-order valence-corrected chi connectivity index (χ4v) is 4.81. The normalized spacial score (nSPS) is 16.8. The lowest BCUT2D eigenvalue weighted by atomic mass is 9.86. The van der Waals surface area contributed by atoms with Crippen LogP contribution in [-0.2, 0) is 19.1 Å². The molecule has 0 heterocycles. The first-order valence-electron chi connectivity index (χ1n) is 17.6. The highest BCUT2D eigenvalue weighted by atomic mass is 19.4. The van der Waals surface area contributed by atoms with Gasteiger partial charge in [-0.15, -0.1) is 0 Å². The van der Waals surface area contributed by atoms with Gasteiger partial charge in [-0.1, -0.05) is 0 Å². The van der Waals surface area contributed by atoms with E-state index in [0.29, 0.717) is 0 Å². The molecule has 0 aliphatic carbocycles.